The lowest BCUT2D eigenvalue weighted by Crippen LogP contribution is -2.42. The summed E-state index contributed by atoms with van der Waals surface area (Å²) in [4.78, 5) is 16.5. The molecule has 0 bridgehead atoms. The van der Waals surface area contributed by atoms with E-state index in [-0.39, 0.29) is 17.4 Å². The molecule has 0 saturated heterocycles. The van der Waals surface area contributed by atoms with Crippen molar-refractivity contribution in [2.75, 3.05) is 11.2 Å². The lowest BCUT2D eigenvalue weighted by atomic mass is 9.73. The number of anilines is 1. The Morgan fingerprint density at radius 3 is 2.41 bits per heavy atom. The zero-order chi connectivity index (χ0) is 26.3. The van der Waals surface area contributed by atoms with Crippen molar-refractivity contribution in [3.05, 3.63) is 110 Å². The molecule has 2 N–H and O–H groups in total. The largest absolute Gasteiger partial charge is 0.507 e. The summed E-state index contributed by atoms with van der Waals surface area (Å²) in [5.41, 5.74) is 4.76. The third kappa shape index (κ3) is 4.61. The smallest absolute Gasteiger partial charge is 0.161 e. The van der Waals surface area contributed by atoms with Gasteiger partial charge in [-0.3, -0.25) is 15.1 Å². The Bertz CT molecular complexity index is 1460. The molecule has 0 aromatic heterocycles. The molecule has 2 aliphatic rings. The van der Waals surface area contributed by atoms with E-state index in [1.807, 2.05) is 60.5 Å². The van der Waals surface area contributed by atoms with Crippen molar-refractivity contribution in [2.24, 2.45) is 0 Å². The van der Waals surface area contributed by atoms with Crippen LogP contribution in [0.5, 0.6) is 0 Å². The quantitative estimate of drug-likeness (QED) is 0.253. The number of nitrogens with zero attached hydrogens (tertiary/aromatic N) is 1. The van der Waals surface area contributed by atoms with E-state index in [2.05, 4.69) is 0 Å². The highest BCUT2D eigenvalue weighted by Gasteiger charge is 2.43. The number of hydrogen-bond acceptors (Lipinski definition) is 4. The summed E-state index contributed by atoms with van der Waals surface area (Å²) in [5, 5.41) is 22.3. The van der Waals surface area contributed by atoms with E-state index in [0.29, 0.717) is 46.0 Å². The average molecular weight is 550 g/mol. The van der Waals surface area contributed by atoms with Gasteiger partial charge in [-0.2, -0.15) is 0 Å². The molecule has 3 aromatic carbocycles. The number of Topliss-reactive ketones (excluding diaryl/α,β-unsaturated/α-hetero) is 1. The predicted octanol–water partition coefficient (Wildman–Crippen LogP) is 8.58. The van der Waals surface area contributed by atoms with Crippen LogP contribution in [-0.4, -0.2) is 23.0 Å². The Morgan fingerprint density at radius 2 is 1.73 bits per heavy atom. The lowest BCUT2D eigenvalue weighted by molar-refractivity contribution is -0.116. The van der Waals surface area contributed by atoms with Gasteiger partial charge in [0.05, 0.1) is 5.69 Å². The van der Waals surface area contributed by atoms with Crippen LogP contribution in [0, 0.1) is 12.3 Å². The summed E-state index contributed by atoms with van der Waals surface area (Å²) in [5.74, 6) is -0.447. The third-order valence-corrected chi connectivity index (χ3v) is 8.46. The number of aliphatic hydroxyl groups excluding tert-OH is 1. The first-order valence-corrected chi connectivity index (χ1v) is 14.0. The fourth-order valence-corrected chi connectivity index (χ4v) is 5.89. The lowest BCUT2D eigenvalue weighted by Gasteiger charge is -2.42. The van der Waals surface area contributed by atoms with Gasteiger partial charge in [0.15, 0.2) is 5.78 Å². The molecule has 0 saturated carbocycles. The number of aliphatic hydroxyl groups is 1. The van der Waals surface area contributed by atoms with Gasteiger partial charge in [0, 0.05) is 49.7 Å². The molecule has 37 heavy (non-hydrogen) atoms. The zero-order valence-electron chi connectivity index (χ0n) is 20.5. The normalized spacial score (nSPS) is 19.2. The number of halogens is 2. The van der Waals surface area contributed by atoms with E-state index in [4.69, 9.17) is 23.2 Å². The topological polar surface area (TPSA) is 64.4 Å². The van der Waals surface area contributed by atoms with E-state index in [0.717, 1.165) is 27.4 Å². The molecular formula is C30H26Cl2N2O2S. The van der Waals surface area contributed by atoms with Gasteiger partial charge >= 0.3 is 0 Å². The zero-order valence-corrected chi connectivity index (χ0v) is 22.8. The minimum absolute atomic E-state index is 0.0405. The van der Waals surface area contributed by atoms with Crippen molar-refractivity contribution in [3.63, 3.8) is 0 Å². The standard InChI is InChI=1S/C30H26Cl2N2O2S/c1-17-22(32)5-3-6-23(17)34-24-7-4-8-25(35)27(24)26(18-11-15-21(37-2)16-12-18)28(30(34)33)29(36)19-9-13-20(31)14-10-19/h3,5-6,9-16,26,33,36H,4,7-8H2,1-2H3/b29-28+,33-30?. The molecule has 188 valence electrons. The maximum atomic E-state index is 13.6. The number of benzene rings is 3. The van der Waals surface area contributed by atoms with Crippen molar-refractivity contribution in [1.29, 1.82) is 5.41 Å². The number of carbonyl (C=O) groups excluding carboxylic acids is 1. The Balaban J connectivity index is 1.83. The molecule has 1 unspecified atom stereocenters. The molecule has 0 spiro atoms. The van der Waals surface area contributed by atoms with Crippen LogP contribution in [0.3, 0.4) is 0 Å². The highest BCUT2D eigenvalue weighted by atomic mass is 35.5. The van der Waals surface area contributed by atoms with Crippen LogP contribution in [0.2, 0.25) is 10.0 Å². The van der Waals surface area contributed by atoms with Crippen LogP contribution in [0.25, 0.3) is 5.76 Å². The van der Waals surface area contributed by atoms with Crippen molar-refractivity contribution in [1.82, 2.24) is 0 Å². The van der Waals surface area contributed by atoms with Crippen molar-refractivity contribution < 1.29 is 9.90 Å². The van der Waals surface area contributed by atoms with Gasteiger partial charge in [-0.1, -0.05) is 41.4 Å². The van der Waals surface area contributed by atoms with Gasteiger partial charge in [-0.25, -0.2) is 0 Å². The summed E-state index contributed by atoms with van der Waals surface area (Å²) in [6.07, 6.45) is 3.81. The number of nitrogens with one attached hydrogen (secondary N) is 1. The summed E-state index contributed by atoms with van der Waals surface area (Å²) in [7, 11) is 0. The summed E-state index contributed by atoms with van der Waals surface area (Å²) < 4.78 is 0. The van der Waals surface area contributed by atoms with Gasteiger partial charge < -0.3 is 5.11 Å². The molecule has 4 nitrogen and oxygen atoms in total. The van der Waals surface area contributed by atoms with Crippen LogP contribution in [0.4, 0.5) is 5.69 Å². The molecule has 1 atom stereocenters. The molecule has 0 amide bonds. The molecule has 1 heterocycles. The van der Waals surface area contributed by atoms with Gasteiger partial charge in [-0.05, 0) is 85.7 Å². The third-order valence-electron chi connectivity index (χ3n) is 7.06. The average Bonchev–Trinajstić information content (AvgIpc) is 2.90. The first kappa shape index (κ1) is 25.7. The van der Waals surface area contributed by atoms with E-state index in [1.165, 1.54) is 0 Å². The molecule has 7 heteroatoms. The Morgan fingerprint density at radius 1 is 1.03 bits per heavy atom. The number of amidine groups is 1. The van der Waals surface area contributed by atoms with Gasteiger partial charge in [0.25, 0.3) is 0 Å². The Labute approximate surface area is 231 Å². The molecule has 5 rings (SSSR count). The summed E-state index contributed by atoms with van der Waals surface area (Å²) in [6.45, 7) is 1.91. The molecule has 1 aliphatic heterocycles. The Hall–Kier alpha value is -2.99. The fraction of sp³-hybridized carbons (Fsp3) is 0.200. The van der Waals surface area contributed by atoms with Crippen molar-refractivity contribution in [3.8, 4) is 0 Å². The number of allylic oxidation sites excluding steroid dienone is 2. The van der Waals surface area contributed by atoms with E-state index in [9.17, 15) is 15.3 Å². The second-order valence-electron chi connectivity index (χ2n) is 9.18. The summed E-state index contributed by atoms with van der Waals surface area (Å²) in [6, 6.07) is 20.5. The van der Waals surface area contributed by atoms with Crippen LogP contribution in [0.15, 0.2) is 88.5 Å². The maximum Gasteiger partial charge on any atom is 0.161 e. The number of hydrogen-bond donors (Lipinski definition) is 2. The van der Waals surface area contributed by atoms with Gasteiger partial charge in [-0.15, -0.1) is 11.8 Å². The van der Waals surface area contributed by atoms with Crippen molar-refractivity contribution in [2.45, 2.75) is 37.0 Å². The number of rotatable bonds is 4. The first-order valence-electron chi connectivity index (χ1n) is 12.0. The second-order valence-corrected chi connectivity index (χ2v) is 10.9. The van der Waals surface area contributed by atoms with E-state index in [1.54, 1.807) is 36.0 Å². The van der Waals surface area contributed by atoms with Crippen LogP contribution in [0.1, 0.15) is 41.9 Å². The number of carbonyl (C=O) groups is 1. The number of thioether (sulfide) groups is 1. The highest BCUT2D eigenvalue weighted by Crippen LogP contribution is 2.48. The highest BCUT2D eigenvalue weighted by molar-refractivity contribution is 7.98. The molecule has 0 fully saturated rings. The minimum Gasteiger partial charge on any atom is -0.507 e. The van der Waals surface area contributed by atoms with Crippen LogP contribution >= 0.6 is 35.0 Å². The van der Waals surface area contributed by atoms with Crippen LogP contribution < -0.4 is 4.90 Å². The first-order chi connectivity index (χ1) is 17.8. The SMILES string of the molecule is CSc1ccc(C2C3=C(CCCC3=O)N(c3cccc(Cl)c3C)C(=N)/C2=C(/O)c2ccc(Cl)cc2)cc1. The van der Waals surface area contributed by atoms with Gasteiger partial charge in [0.2, 0.25) is 0 Å². The monoisotopic (exact) mass is 548 g/mol. The Kier molecular flexibility index (Phi) is 7.21. The minimum atomic E-state index is -0.572. The molecule has 1 aliphatic carbocycles. The number of ketones is 1. The van der Waals surface area contributed by atoms with E-state index >= 15 is 0 Å². The van der Waals surface area contributed by atoms with Gasteiger partial charge in [0.1, 0.15) is 11.6 Å². The molecule has 3 aromatic rings. The second kappa shape index (κ2) is 10.4. The fourth-order valence-electron chi connectivity index (χ4n) is 5.19. The summed E-state index contributed by atoms with van der Waals surface area (Å²) >= 11 is 14.2. The van der Waals surface area contributed by atoms with E-state index < -0.39 is 5.92 Å². The van der Waals surface area contributed by atoms with Crippen molar-refractivity contribution >= 4 is 58.0 Å². The van der Waals surface area contributed by atoms with Crippen LogP contribution in [-0.2, 0) is 4.79 Å². The maximum absolute atomic E-state index is 13.6. The molecular weight excluding hydrogens is 523 g/mol. The predicted molar refractivity (Wildman–Crippen MR) is 154 cm³/mol. The molecule has 0 radical (unpaired) electrons.